The molecule has 3 aromatic carbocycles. The summed E-state index contributed by atoms with van der Waals surface area (Å²) in [4.78, 5) is 28.7. The summed E-state index contributed by atoms with van der Waals surface area (Å²) >= 11 is 0. The maximum absolute atomic E-state index is 13.6. The minimum Gasteiger partial charge on any atom is -0.497 e. The topological polar surface area (TPSA) is 81.0 Å². The lowest BCUT2D eigenvalue weighted by Crippen LogP contribution is -2.51. The molecule has 1 aromatic heterocycles. The molecule has 0 aliphatic rings. The van der Waals surface area contributed by atoms with Crippen LogP contribution in [-0.2, 0) is 29.1 Å². The monoisotopic (exact) mass is 498 g/mol. The lowest BCUT2D eigenvalue weighted by Gasteiger charge is -2.31. The molecule has 4 aromatic rings. The van der Waals surface area contributed by atoms with Gasteiger partial charge in [-0.2, -0.15) is 0 Å². The highest BCUT2D eigenvalue weighted by atomic mass is 16.5. The zero-order valence-corrected chi connectivity index (χ0v) is 20.7. The average Bonchev–Trinajstić information content (AvgIpc) is 3.47. The van der Waals surface area contributed by atoms with E-state index in [4.69, 9.17) is 13.9 Å². The van der Waals surface area contributed by atoms with Crippen LogP contribution in [0.25, 0.3) is 0 Å². The first-order valence-electron chi connectivity index (χ1n) is 12.1. The van der Waals surface area contributed by atoms with Gasteiger partial charge in [0, 0.05) is 13.0 Å². The van der Waals surface area contributed by atoms with Crippen LogP contribution in [0.1, 0.15) is 16.9 Å². The van der Waals surface area contributed by atoms with Gasteiger partial charge in [0.15, 0.2) is 6.61 Å². The Morgan fingerprint density at radius 3 is 2.19 bits per heavy atom. The van der Waals surface area contributed by atoms with Crippen molar-refractivity contribution < 1.29 is 23.5 Å². The summed E-state index contributed by atoms with van der Waals surface area (Å²) in [7, 11) is 1.60. The third-order valence-electron chi connectivity index (χ3n) is 5.91. The Labute approximate surface area is 216 Å². The molecule has 1 atom stereocenters. The second kappa shape index (κ2) is 13.0. The minimum atomic E-state index is -0.772. The third-order valence-corrected chi connectivity index (χ3v) is 5.91. The van der Waals surface area contributed by atoms with E-state index in [1.807, 2.05) is 72.8 Å². The number of furan rings is 1. The zero-order valence-electron chi connectivity index (χ0n) is 20.7. The second-order valence-corrected chi connectivity index (χ2v) is 8.47. The first-order chi connectivity index (χ1) is 18.1. The van der Waals surface area contributed by atoms with Crippen LogP contribution in [-0.4, -0.2) is 36.5 Å². The van der Waals surface area contributed by atoms with Gasteiger partial charge in [-0.1, -0.05) is 60.7 Å². The number of para-hydroxylation sites is 1. The fraction of sp³-hybridized carbons (Fsp3) is 0.200. The molecule has 0 radical (unpaired) electrons. The Bertz CT molecular complexity index is 1240. The van der Waals surface area contributed by atoms with Crippen molar-refractivity contribution in [1.82, 2.24) is 10.2 Å². The van der Waals surface area contributed by atoms with Crippen LogP contribution in [0.15, 0.2) is 108 Å². The van der Waals surface area contributed by atoms with Gasteiger partial charge in [0.1, 0.15) is 23.3 Å². The molecule has 190 valence electrons. The van der Waals surface area contributed by atoms with Gasteiger partial charge in [0.2, 0.25) is 5.91 Å². The Morgan fingerprint density at radius 2 is 1.54 bits per heavy atom. The van der Waals surface area contributed by atoms with Crippen LogP contribution in [0.2, 0.25) is 0 Å². The summed E-state index contributed by atoms with van der Waals surface area (Å²) in [5.41, 5.74) is 1.81. The summed E-state index contributed by atoms with van der Waals surface area (Å²) in [6.45, 7) is 0.256. The largest absolute Gasteiger partial charge is 0.497 e. The fourth-order valence-corrected chi connectivity index (χ4v) is 3.93. The van der Waals surface area contributed by atoms with Gasteiger partial charge in [-0.15, -0.1) is 0 Å². The smallest absolute Gasteiger partial charge is 0.261 e. The first kappa shape index (κ1) is 25.6. The Morgan fingerprint density at radius 1 is 0.838 bits per heavy atom. The Balaban J connectivity index is 1.60. The van der Waals surface area contributed by atoms with Crippen molar-refractivity contribution in [2.24, 2.45) is 0 Å². The van der Waals surface area contributed by atoms with Gasteiger partial charge >= 0.3 is 0 Å². The highest BCUT2D eigenvalue weighted by molar-refractivity contribution is 5.88. The third kappa shape index (κ3) is 7.48. The standard InChI is InChI=1S/C30H30N2O5/c1-35-25-16-14-24(15-17-25)21-32(29(33)22-37-26-11-6-3-7-12-26)28(19-23-9-4-2-5-10-23)30(34)31-20-27-13-8-18-36-27/h2-18,28H,19-22H2,1H3,(H,31,34)/t28-/m0/s1. The van der Waals surface area contributed by atoms with E-state index in [-0.39, 0.29) is 31.5 Å². The SMILES string of the molecule is COc1ccc(CN(C(=O)COc2ccccc2)[C@@H](Cc2ccccc2)C(=O)NCc2ccco2)cc1. The van der Waals surface area contributed by atoms with Gasteiger partial charge in [-0.05, 0) is 47.5 Å². The van der Waals surface area contributed by atoms with Gasteiger partial charge in [-0.3, -0.25) is 9.59 Å². The van der Waals surface area contributed by atoms with E-state index < -0.39 is 6.04 Å². The number of amides is 2. The molecule has 4 rings (SSSR count). The number of ether oxygens (including phenoxy) is 2. The molecule has 7 heteroatoms. The van der Waals surface area contributed by atoms with Crippen molar-refractivity contribution in [3.8, 4) is 11.5 Å². The highest BCUT2D eigenvalue weighted by Gasteiger charge is 2.30. The summed E-state index contributed by atoms with van der Waals surface area (Å²) in [6, 6.07) is 29.0. The Hall–Kier alpha value is -4.52. The van der Waals surface area contributed by atoms with E-state index in [1.165, 1.54) is 0 Å². The van der Waals surface area contributed by atoms with Crippen LogP contribution in [0.5, 0.6) is 11.5 Å². The number of nitrogens with zero attached hydrogens (tertiary/aromatic N) is 1. The number of carbonyl (C=O) groups excluding carboxylic acids is 2. The molecule has 1 N–H and O–H groups in total. The summed E-state index contributed by atoms with van der Waals surface area (Å²) in [5.74, 6) is 1.36. The van der Waals surface area contributed by atoms with E-state index >= 15 is 0 Å². The highest BCUT2D eigenvalue weighted by Crippen LogP contribution is 2.18. The minimum absolute atomic E-state index is 0.197. The lowest BCUT2D eigenvalue weighted by atomic mass is 10.0. The molecule has 0 unspecified atom stereocenters. The summed E-state index contributed by atoms with van der Waals surface area (Å²) in [5, 5.41) is 2.93. The van der Waals surface area contributed by atoms with E-state index in [2.05, 4.69) is 5.32 Å². The number of hydrogen-bond acceptors (Lipinski definition) is 5. The molecule has 1 heterocycles. The van der Waals surface area contributed by atoms with Crippen LogP contribution < -0.4 is 14.8 Å². The van der Waals surface area contributed by atoms with Crippen LogP contribution in [0.4, 0.5) is 0 Å². The van der Waals surface area contributed by atoms with Gasteiger partial charge in [0.25, 0.3) is 5.91 Å². The molecular weight excluding hydrogens is 468 g/mol. The molecule has 0 saturated carbocycles. The summed E-state index contributed by atoms with van der Waals surface area (Å²) in [6.07, 6.45) is 1.90. The first-order valence-corrected chi connectivity index (χ1v) is 12.1. The van der Waals surface area contributed by atoms with E-state index in [1.54, 1.807) is 42.5 Å². The fourth-order valence-electron chi connectivity index (χ4n) is 3.93. The van der Waals surface area contributed by atoms with Gasteiger partial charge in [-0.25, -0.2) is 0 Å². The van der Waals surface area contributed by atoms with Crippen LogP contribution in [0.3, 0.4) is 0 Å². The Kier molecular flexibility index (Phi) is 8.97. The molecule has 0 saturated heterocycles. The van der Waals surface area contributed by atoms with Crippen molar-refractivity contribution >= 4 is 11.8 Å². The van der Waals surface area contributed by atoms with Crippen molar-refractivity contribution in [2.45, 2.75) is 25.6 Å². The molecule has 37 heavy (non-hydrogen) atoms. The number of hydrogen-bond donors (Lipinski definition) is 1. The van der Waals surface area contributed by atoms with Crippen molar-refractivity contribution in [1.29, 1.82) is 0 Å². The maximum atomic E-state index is 13.6. The molecule has 7 nitrogen and oxygen atoms in total. The predicted octanol–water partition coefficient (Wildman–Crippen LogP) is 4.62. The molecule has 2 amide bonds. The molecule has 0 fully saturated rings. The van der Waals surface area contributed by atoms with Crippen molar-refractivity contribution in [3.05, 3.63) is 120 Å². The van der Waals surface area contributed by atoms with Crippen molar-refractivity contribution in [3.63, 3.8) is 0 Å². The summed E-state index contributed by atoms with van der Waals surface area (Å²) < 4.78 is 16.4. The molecule has 0 bridgehead atoms. The van der Waals surface area contributed by atoms with E-state index in [9.17, 15) is 9.59 Å². The van der Waals surface area contributed by atoms with E-state index in [0.717, 1.165) is 11.1 Å². The van der Waals surface area contributed by atoms with Crippen LogP contribution in [0, 0.1) is 0 Å². The number of rotatable bonds is 12. The van der Waals surface area contributed by atoms with E-state index in [0.29, 0.717) is 23.7 Å². The van der Waals surface area contributed by atoms with Gasteiger partial charge in [0.05, 0.1) is 19.9 Å². The van der Waals surface area contributed by atoms with Crippen LogP contribution >= 0.6 is 0 Å². The molecule has 0 aliphatic carbocycles. The molecular formula is C30H30N2O5. The number of nitrogens with one attached hydrogen (secondary N) is 1. The van der Waals surface area contributed by atoms with Crippen molar-refractivity contribution in [2.75, 3.05) is 13.7 Å². The second-order valence-electron chi connectivity index (χ2n) is 8.47. The molecule has 0 spiro atoms. The normalized spacial score (nSPS) is 11.4. The quantitative estimate of drug-likeness (QED) is 0.308. The number of carbonyl (C=O) groups is 2. The molecule has 0 aliphatic heterocycles. The zero-order chi connectivity index (χ0) is 25.9. The predicted molar refractivity (Wildman–Crippen MR) is 140 cm³/mol. The van der Waals surface area contributed by atoms with Gasteiger partial charge < -0.3 is 24.1 Å². The number of benzene rings is 3. The maximum Gasteiger partial charge on any atom is 0.261 e. The average molecular weight is 499 g/mol. The number of methoxy groups -OCH3 is 1. The lowest BCUT2D eigenvalue weighted by molar-refractivity contribution is -0.142.